The number of carbonyl (C=O) groups excluding carboxylic acids is 2. The monoisotopic (exact) mass is 444 g/mol. The number of benzene rings is 3. The molecule has 0 aromatic heterocycles. The smallest absolute Gasteiger partial charge is 0.258 e. The number of fused-ring (bicyclic) bond motifs is 1. The number of ether oxygens (including phenoxy) is 2. The van der Waals surface area contributed by atoms with E-state index in [9.17, 15) is 9.59 Å². The van der Waals surface area contributed by atoms with E-state index < -0.39 is 0 Å². The zero-order chi connectivity index (χ0) is 23.2. The van der Waals surface area contributed by atoms with Gasteiger partial charge in [-0.1, -0.05) is 24.3 Å². The lowest BCUT2D eigenvalue weighted by Gasteiger charge is -2.30. The van der Waals surface area contributed by atoms with Crippen LogP contribution < -0.4 is 19.7 Å². The molecule has 1 aliphatic rings. The van der Waals surface area contributed by atoms with Gasteiger partial charge in [0.25, 0.3) is 11.8 Å². The fourth-order valence-corrected chi connectivity index (χ4v) is 4.00. The third-order valence-electron chi connectivity index (χ3n) is 5.53. The van der Waals surface area contributed by atoms with E-state index in [0.717, 1.165) is 24.1 Å². The Morgan fingerprint density at radius 3 is 2.39 bits per heavy atom. The van der Waals surface area contributed by atoms with Crippen LogP contribution in [0.3, 0.4) is 0 Å². The second-order valence-corrected chi connectivity index (χ2v) is 7.75. The lowest BCUT2D eigenvalue weighted by Crippen LogP contribution is -2.35. The maximum absolute atomic E-state index is 13.1. The minimum Gasteiger partial charge on any atom is -0.490 e. The molecule has 1 aliphatic heterocycles. The first-order chi connectivity index (χ1) is 16.1. The van der Waals surface area contributed by atoms with Crippen molar-refractivity contribution in [1.29, 1.82) is 0 Å². The SMILES string of the molecule is CCOc1ccc(C(=O)Nc2ccc3c(c2)N(C(=O)c2ccccc2)CCC3)cc1OCC. The Morgan fingerprint density at radius 2 is 1.64 bits per heavy atom. The van der Waals surface area contributed by atoms with Crippen LogP contribution in [0.2, 0.25) is 0 Å². The van der Waals surface area contributed by atoms with Crippen molar-refractivity contribution in [2.45, 2.75) is 26.7 Å². The number of aryl methyl sites for hydroxylation is 1. The van der Waals surface area contributed by atoms with Crippen molar-refractivity contribution >= 4 is 23.2 Å². The van der Waals surface area contributed by atoms with Crippen molar-refractivity contribution in [1.82, 2.24) is 0 Å². The van der Waals surface area contributed by atoms with Crippen LogP contribution in [0.4, 0.5) is 11.4 Å². The molecule has 0 unspecified atom stereocenters. The van der Waals surface area contributed by atoms with Crippen LogP contribution in [0, 0.1) is 0 Å². The van der Waals surface area contributed by atoms with Gasteiger partial charge in [0.05, 0.1) is 13.2 Å². The first kappa shape index (κ1) is 22.4. The van der Waals surface area contributed by atoms with Crippen molar-refractivity contribution in [3.63, 3.8) is 0 Å². The molecule has 3 aromatic rings. The maximum atomic E-state index is 13.1. The first-order valence-corrected chi connectivity index (χ1v) is 11.3. The minimum atomic E-state index is -0.254. The summed E-state index contributed by atoms with van der Waals surface area (Å²) in [6, 6.07) is 20.2. The first-order valence-electron chi connectivity index (χ1n) is 11.3. The van der Waals surface area contributed by atoms with Gasteiger partial charge < -0.3 is 19.7 Å². The van der Waals surface area contributed by atoms with Gasteiger partial charge in [-0.2, -0.15) is 0 Å². The van der Waals surface area contributed by atoms with E-state index in [0.29, 0.717) is 48.1 Å². The predicted molar refractivity (Wildman–Crippen MR) is 130 cm³/mol. The maximum Gasteiger partial charge on any atom is 0.258 e. The van der Waals surface area contributed by atoms with Gasteiger partial charge in [-0.05, 0) is 74.7 Å². The Balaban J connectivity index is 1.57. The van der Waals surface area contributed by atoms with Crippen molar-refractivity contribution < 1.29 is 19.1 Å². The molecular weight excluding hydrogens is 416 g/mol. The van der Waals surface area contributed by atoms with Gasteiger partial charge in [-0.15, -0.1) is 0 Å². The second kappa shape index (κ2) is 10.2. The van der Waals surface area contributed by atoms with E-state index in [1.165, 1.54) is 0 Å². The summed E-state index contributed by atoms with van der Waals surface area (Å²) >= 11 is 0. The van der Waals surface area contributed by atoms with Gasteiger partial charge in [-0.3, -0.25) is 9.59 Å². The van der Waals surface area contributed by atoms with Crippen LogP contribution in [-0.2, 0) is 6.42 Å². The highest BCUT2D eigenvalue weighted by molar-refractivity contribution is 6.08. The van der Waals surface area contributed by atoms with Crippen LogP contribution in [0.5, 0.6) is 11.5 Å². The van der Waals surface area contributed by atoms with E-state index in [2.05, 4.69) is 5.32 Å². The van der Waals surface area contributed by atoms with Crippen molar-refractivity contribution in [2.75, 3.05) is 30.0 Å². The number of nitrogens with zero attached hydrogens (tertiary/aromatic N) is 1. The third kappa shape index (κ3) is 5.00. The molecule has 3 aromatic carbocycles. The standard InChI is InChI=1S/C27H28N2O4/c1-3-32-24-15-13-21(17-25(24)33-4-2)26(30)28-22-14-12-19-11-8-16-29(23(19)18-22)27(31)20-9-6-5-7-10-20/h5-7,9-10,12-15,17-18H,3-4,8,11,16H2,1-2H3,(H,28,30). The molecule has 0 radical (unpaired) electrons. The van der Waals surface area contributed by atoms with Gasteiger partial charge >= 0.3 is 0 Å². The quantitative estimate of drug-likeness (QED) is 0.535. The van der Waals surface area contributed by atoms with Gasteiger partial charge in [-0.25, -0.2) is 0 Å². The lowest BCUT2D eigenvalue weighted by atomic mass is 10.00. The van der Waals surface area contributed by atoms with E-state index in [-0.39, 0.29) is 11.8 Å². The molecule has 0 saturated carbocycles. The van der Waals surface area contributed by atoms with Crippen molar-refractivity contribution in [3.05, 3.63) is 83.4 Å². The number of anilines is 2. The summed E-state index contributed by atoms with van der Waals surface area (Å²) in [5.41, 5.74) is 3.70. The van der Waals surface area contributed by atoms with Crippen LogP contribution in [-0.4, -0.2) is 31.6 Å². The average Bonchev–Trinajstić information content (AvgIpc) is 2.85. The molecular formula is C27H28N2O4. The van der Waals surface area contributed by atoms with E-state index in [1.807, 2.05) is 62.4 Å². The summed E-state index contributed by atoms with van der Waals surface area (Å²) in [7, 11) is 0. The Morgan fingerprint density at radius 1 is 0.879 bits per heavy atom. The van der Waals surface area contributed by atoms with Crippen LogP contribution in [0.15, 0.2) is 66.7 Å². The number of rotatable bonds is 7. The molecule has 0 spiro atoms. The molecule has 1 N–H and O–H groups in total. The van der Waals surface area contributed by atoms with Gasteiger partial charge in [0, 0.05) is 29.0 Å². The zero-order valence-electron chi connectivity index (χ0n) is 19.0. The normalized spacial score (nSPS) is 12.6. The van der Waals surface area contributed by atoms with E-state index in [1.54, 1.807) is 23.1 Å². The topological polar surface area (TPSA) is 67.9 Å². The predicted octanol–water partition coefficient (Wildman–Crippen LogP) is 5.33. The number of carbonyl (C=O) groups is 2. The molecule has 6 heteroatoms. The highest BCUT2D eigenvalue weighted by Gasteiger charge is 2.24. The van der Waals surface area contributed by atoms with Crippen molar-refractivity contribution in [3.8, 4) is 11.5 Å². The van der Waals surface area contributed by atoms with Gasteiger partial charge in [0.15, 0.2) is 11.5 Å². The summed E-state index contributed by atoms with van der Waals surface area (Å²) in [4.78, 5) is 27.9. The number of nitrogens with one attached hydrogen (secondary N) is 1. The third-order valence-corrected chi connectivity index (χ3v) is 5.53. The fraction of sp³-hybridized carbons (Fsp3) is 0.259. The zero-order valence-corrected chi connectivity index (χ0v) is 19.0. The lowest BCUT2D eigenvalue weighted by molar-refractivity contribution is 0.0984. The number of hydrogen-bond donors (Lipinski definition) is 1. The molecule has 0 atom stereocenters. The molecule has 1 heterocycles. The molecule has 6 nitrogen and oxygen atoms in total. The van der Waals surface area contributed by atoms with Crippen LogP contribution in [0.1, 0.15) is 46.5 Å². The highest BCUT2D eigenvalue weighted by atomic mass is 16.5. The molecule has 4 rings (SSSR count). The average molecular weight is 445 g/mol. The van der Waals surface area contributed by atoms with Crippen LogP contribution >= 0.6 is 0 Å². The molecule has 0 saturated heterocycles. The summed E-state index contributed by atoms with van der Waals surface area (Å²) in [5.74, 6) is 0.861. The molecule has 0 aliphatic carbocycles. The summed E-state index contributed by atoms with van der Waals surface area (Å²) in [6.45, 7) is 5.42. The second-order valence-electron chi connectivity index (χ2n) is 7.75. The van der Waals surface area contributed by atoms with Gasteiger partial charge in [0.1, 0.15) is 0 Å². The summed E-state index contributed by atoms with van der Waals surface area (Å²) in [6.07, 6.45) is 1.81. The molecule has 0 fully saturated rings. The van der Waals surface area contributed by atoms with Gasteiger partial charge in [0.2, 0.25) is 0 Å². The van der Waals surface area contributed by atoms with Crippen LogP contribution in [0.25, 0.3) is 0 Å². The molecule has 33 heavy (non-hydrogen) atoms. The largest absolute Gasteiger partial charge is 0.490 e. The molecule has 170 valence electrons. The van der Waals surface area contributed by atoms with Crippen molar-refractivity contribution in [2.24, 2.45) is 0 Å². The summed E-state index contributed by atoms with van der Waals surface area (Å²) in [5, 5.41) is 2.96. The van der Waals surface area contributed by atoms with E-state index >= 15 is 0 Å². The molecule has 0 bridgehead atoms. The highest BCUT2D eigenvalue weighted by Crippen LogP contribution is 2.32. The Kier molecular flexibility index (Phi) is 6.93. The Bertz CT molecular complexity index is 1140. The number of hydrogen-bond acceptors (Lipinski definition) is 4. The number of amides is 2. The van der Waals surface area contributed by atoms with E-state index in [4.69, 9.17) is 9.47 Å². The summed E-state index contributed by atoms with van der Waals surface area (Å²) < 4.78 is 11.2. The Hall–Kier alpha value is -3.80. The Labute approximate surface area is 194 Å². The molecule has 2 amide bonds. The minimum absolute atomic E-state index is 0.0344. The fourth-order valence-electron chi connectivity index (χ4n) is 4.00.